The molecule has 0 aliphatic carbocycles. The number of ether oxygens (including phenoxy) is 1. The van der Waals surface area contributed by atoms with Crippen LogP contribution >= 0.6 is 23.2 Å². The van der Waals surface area contributed by atoms with Crippen LogP contribution < -0.4 is 10.1 Å². The summed E-state index contributed by atoms with van der Waals surface area (Å²) in [5.74, 6) is 1.59. The lowest BCUT2D eigenvalue weighted by Gasteiger charge is -2.11. The van der Waals surface area contributed by atoms with E-state index in [1.165, 1.54) is 0 Å². The van der Waals surface area contributed by atoms with Crippen molar-refractivity contribution >= 4 is 45.8 Å². The second-order valence-electron chi connectivity index (χ2n) is 6.69. The van der Waals surface area contributed by atoms with Crippen molar-refractivity contribution < 1.29 is 9.53 Å². The van der Waals surface area contributed by atoms with E-state index in [9.17, 15) is 4.79 Å². The number of nitrogens with one attached hydrogen (secondary N) is 2. The molecular formula is C22H17Cl2N3O2. The van der Waals surface area contributed by atoms with Gasteiger partial charge in [0.15, 0.2) is 0 Å². The Morgan fingerprint density at radius 3 is 2.52 bits per heavy atom. The largest absolute Gasteiger partial charge is 0.456 e. The Kier molecular flexibility index (Phi) is 5.18. The Morgan fingerprint density at radius 1 is 1.03 bits per heavy atom. The fourth-order valence-corrected chi connectivity index (χ4v) is 3.39. The Labute approximate surface area is 177 Å². The molecule has 0 saturated heterocycles. The van der Waals surface area contributed by atoms with Gasteiger partial charge in [-0.15, -0.1) is 0 Å². The van der Waals surface area contributed by atoms with E-state index in [4.69, 9.17) is 27.9 Å². The predicted molar refractivity (Wildman–Crippen MR) is 116 cm³/mol. The highest BCUT2D eigenvalue weighted by Gasteiger charge is 2.15. The fraction of sp³-hybridized carbons (Fsp3) is 0.0909. The molecule has 146 valence electrons. The summed E-state index contributed by atoms with van der Waals surface area (Å²) in [6, 6.07) is 15.8. The van der Waals surface area contributed by atoms with Crippen LogP contribution in [0, 0.1) is 13.8 Å². The maximum absolute atomic E-state index is 12.9. The van der Waals surface area contributed by atoms with Crippen LogP contribution in [0.3, 0.4) is 0 Å². The van der Waals surface area contributed by atoms with Crippen molar-refractivity contribution in [1.29, 1.82) is 0 Å². The third kappa shape index (κ3) is 4.21. The van der Waals surface area contributed by atoms with Gasteiger partial charge >= 0.3 is 0 Å². The van der Waals surface area contributed by atoms with E-state index in [0.29, 0.717) is 38.3 Å². The third-order valence-electron chi connectivity index (χ3n) is 4.33. The van der Waals surface area contributed by atoms with Crippen LogP contribution in [-0.4, -0.2) is 15.9 Å². The first-order valence-electron chi connectivity index (χ1n) is 8.90. The summed E-state index contributed by atoms with van der Waals surface area (Å²) in [4.78, 5) is 20.5. The Balaban J connectivity index is 1.56. The van der Waals surface area contributed by atoms with Gasteiger partial charge in [0.1, 0.15) is 22.8 Å². The van der Waals surface area contributed by atoms with Gasteiger partial charge in [-0.05, 0) is 74.0 Å². The zero-order valence-electron chi connectivity index (χ0n) is 15.7. The van der Waals surface area contributed by atoms with E-state index >= 15 is 0 Å². The molecule has 3 aromatic carbocycles. The highest BCUT2D eigenvalue weighted by atomic mass is 35.5. The van der Waals surface area contributed by atoms with Crippen LogP contribution in [0.15, 0.2) is 54.6 Å². The average molecular weight is 426 g/mol. The van der Waals surface area contributed by atoms with E-state index in [1.54, 1.807) is 42.5 Å². The normalized spacial score (nSPS) is 10.9. The molecule has 5 nitrogen and oxygen atoms in total. The highest BCUT2D eigenvalue weighted by Crippen LogP contribution is 2.32. The first kappa shape index (κ1) is 19.3. The molecule has 0 atom stereocenters. The number of H-pyrrole nitrogens is 1. The molecule has 0 aliphatic heterocycles. The Bertz CT molecular complexity index is 1220. The zero-order chi connectivity index (χ0) is 20.5. The lowest BCUT2D eigenvalue weighted by atomic mass is 10.1. The number of rotatable bonds is 4. The second-order valence-corrected chi connectivity index (χ2v) is 7.53. The van der Waals surface area contributed by atoms with E-state index in [1.807, 2.05) is 26.0 Å². The topological polar surface area (TPSA) is 67.0 Å². The van der Waals surface area contributed by atoms with Crippen LogP contribution in [0.1, 0.15) is 21.7 Å². The number of aromatic amines is 1. The Hall–Kier alpha value is -3.02. The summed E-state index contributed by atoms with van der Waals surface area (Å²) >= 11 is 12.2. The summed E-state index contributed by atoms with van der Waals surface area (Å²) in [5.41, 5.74) is 3.50. The lowest BCUT2D eigenvalue weighted by molar-refractivity contribution is 0.102. The van der Waals surface area contributed by atoms with Crippen LogP contribution in [0.2, 0.25) is 10.0 Å². The van der Waals surface area contributed by atoms with Gasteiger partial charge in [-0.2, -0.15) is 0 Å². The number of fused-ring (bicyclic) bond motifs is 1. The van der Waals surface area contributed by atoms with Gasteiger partial charge in [0.05, 0.1) is 16.1 Å². The minimum Gasteiger partial charge on any atom is -0.456 e. The van der Waals surface area contributed by atoms with Gasteiger partial charge in [0.2, 0.25) is 0 Å². The van der Waals surface area contributed by atoms with Crippen LogP contribution in [0.5, 0.6) is 11.5 Å². The molecular weight excluding hydrogens is 409 g/mol. The smallest absolute Gasteiger partial charge is 0.257 e. The zero-order valence-corrected chi connectivity index (χ0v) is 17.2. The maximum Gasteiger partial charge on any atom is 0.257 e. The number of benzene rings is 3. The summed E-state index contributed by atoms with van der Waals surface area (Å²) in [5, 5.41) is 3.88. The quantitative estimate of drug-likeness (QED) is 0.390. The van der Waals surface area contributed by atoms with Gasteiger partial charge < -0.3 is 15.0 Å². The van der Waals surface area contributed by atoms with Crippen molar-refractivity contribution in [2.75, 3.05) is 5.32 Å². The molecule has 1 amide bonds. The summed E-state index contributed by atoms with van der Waals surface area (Å²) in [6.45, 7) is 3.79. The predicted octanol–water partition coefficient (Wildman–Crippen LogP) is 6.53. The highest BCUT2D eigenvalue weighted by molar-refractivity contribution is 6.32. The number of halogens is 2. The van der Waals surface area contributed by atoms with Crippen molar-refractivity contribution in [2.45, 2.75) is 13.8 Å². The monoisotopic (exact) mass is 425 g/mol. The fourth-order valence-electron chi connectivity index (χ4n) is 3.05. The lowest BCUT2D eigenvalue weighted by Crippen LogP contribution is -2.12. The van der Waals surface area contributed by atoms with Gasteiger partial charge in [0.25, 0.3) is 5.91 Å². The van der Waals surface area contributed by atoms with E-state index in [2.05, 4.69) is 15.3 Å². The van der Waals surface area contributed by atoms with Gasteiger partial charge in [-0.25, -0.2) is 4.98 Å². The average Bonchev–Trinajstić information content (AvgIpc) is 3.04. The van der Waals surface area contributed by atoms with Gasteiger partial charge in [-0.1, -0.05) is 23.2 Å². The molecule has 0 radical (unpaired) electrons. The summed E-state index contributed by atoms with van der Waals surface area (Å²) in [6.07, 6.45) is 0. The molecule has 0 aliphatic rings. The molecule has 0 saturated carbocycles. The molecule has 4 rings (SSSR count). The van der Waals surface area contributed by atoms with Gasteiger partial charge in [-0.3, -0.25) is 4.79 Å². The molecule has 0 unspecified atom stereocenters. The van der Waals surface area contributed by atoms with Crippen molar-refractivity contribution in [3.8, 4) is 11.5 Å². The van der Waals surface area contributed by atoms with Crippen LogP contribution in [0.25, 0.3) is 11.0 Å². The molecule has 0 bridgehead atoms. The van der Waals surface area contributed by atoms with Crippen LogP contribution in [-0.2, 0) is 0 Å². The standard InChI is InChI=1S/C22H17Cl2N3O2/c1-12-9-17(21-19(10-12)25-13(2)26-21)22(28)27-15-5-8-20(18(24)11-15)29-16-6-3-14(23)4-7-16/h3-11H,1-2H3,(H,25,26)(H,27,28). The first-order chi connectivity index (χ1) is 13.9. The minimum atomic E-state index is -0.257. The number of amides is 1. The number of nitrogens with zero attached hydrogens (tertiary/aromatic N) is 1. The third-order valence-corrected chi connectivity index (χ3v) is 4.87. The molecule has 0 spiro atoms. The van der Waals surface area contributed by atoms with E-state index in [0.717, 1.165) is 16.9 Å². The molecule has 29 heavy (non-hydrogen) atoms. The number of anilines is 1. The van der Waals surface area contributed by atoms with Gasteiger partial charge in [0, 0.05) is 10.7 Å². The summed E-state index contributed by atoms with van der Waals surface area (Å²) in [7, 11) is 0. The molecule has 1 aromatic heterocycles. The van der Waals surface area contributed by atoms with Crippen molar-refractivity contribution in [2.24, 2.45) is 0 Å². The molecule has 0 fully saturated rings. The molecule has 1 heterocycles. The van der Waals surface area contributed by atoms with Crippen LogP contribution in [0.4, 0.5) is 5.69 Å². The second kappa shape index (κ2) is 7.78. The first-order valence-corrected chi connectivity index (χ1v) is 9.66. The Morgan fingerprint density at radius 2 is 1.79 bits per heavy atom. The number of imidazole rings is 1. The molecule has 4 aromatic rings. The van der Waals surface area contributed by atoms with Crippen molar-refractivity contribution in [1.82, 2.24) is 9.97 Å². The number of hydrogen-bond acceptors (Lipinski definition) is 3. The maximum atomic E-state index is 12.9. The number of aromatic nitrogens is 2. The summed E-state index contributed by atoms with van der Waals surface area (Å²) < 4.78 is 5.77. The van der Waals surface area contributed by atoms with E-state index < -0.39 is 0 Å². The number of hydrogen-bond donors (Lipinski definition) is 2. The molecule has 7 heteroatoms. The minimum absolute atomic E-state index is 0.257. The van der Waals surface area contributed by atoms with Crippen molar-refractivity contribution in [3.05, 3.63) is 81.6 Å². The van der Waals surface area contributed by atoms with E-state index in [-0.39, 0.29) is 5.91 Å². The molecule has 2 N–H and O–H groups in total. The number of carbonyl (C=O) groups excluding carboxylic acids is 1. The van der Waals surface area contributed by atoms with Crippen molar-refractivity contribution in [3.63, 3.8) is 0 Å². The number of carbonyl (C=O) groups is 1. The number of aryl methyl sites for hydroxylation is 2. The SMILES string of the molecule is Cc1cc(C(=O)Nc2ccc(Oc3ccc(Cl)cc3)c(Cl)c2)c2nc(C)[nH]c2c1.